The molecule has 2 atom stereocenters. The van der Waals surface area contributed by atoms with Crippen LogP contribution < -0.4 is 5.32 Å². The Morgan fingerprint density at radius 2 is 2.38 bits per heavy atom. The normalized spacial score (nSPS) is 24.8. The highest BCUT2D eigenvalue weighted by molar-refractivity contribution is 7.99. The topological polar surface area (TPSA) is 24.9 Å². The highest BCUT2D eigenvalue weighted by atomic mass is 32.2. The van der Waals surface area contributed by atoms with Gasteiger partial charge >= 0.3 is 0 Å². The van der Waals surface area contributed by atoms with Crippen molar-refractivity contribution in [3.63, 3.8) is 0 Å². The van der Waals surface area contributed by atoms with Gasteiger partial charge in [-0.2, -0.15) is 11.8 Å². The van der Waals surface area contributed by atoms with Gasteiger partial charge in [0.1, 0.15) is 0 Å². The Bertz CT molecular complexity index is 302. The number of nitrogens with one attached hydrogen (secondary N) is 1. The van der Waals surface area contributed by atoms with Crippen LogP contribution in [0, 0.1) is 0 Å². The molecule has 0 bridgehead atoms. The van der Waals surface area contributed by atoms with Crippen molar-refractivity contribution in [2.45, 2.75) is 44.0 Å². The summed E-state index contributed by atoms with van der Waals surface area (Å²) < 4.78 is 0. The molecule has 0 spiro atoms. The summed E-state index contributed by atoms with van der Waals surface area (Å²) in [7, 11) is 0. The monoisotopic (exact) mass is 236 g/mol. The van der Waals surface area contributed by atoms with Gasteiger partial charge in [0.2, 0.25) is 0 Å². The lowest BCUT2D eigenvalue weighted by Gasteiger charge is -2.12. The summed E-state index contributed by atoms with van der Waals surface area (Å²) in [5.74, 6) is 1.25. The van der Waals surface area contributed by atoms with Crippen molar-refractivity contribution < 1.29 is 0 Å². The molecule has 0 aliphatic heterocycles. The van der Waals surface area contributed by atoms with E-state index in [0.717, 1.165) is 17.5 Å². The van der Waals surface area contributed by atoms with Gasteiger partial charge in [-0.15, -0.1) is 0 Å². The highest BCUT2D eigenvalue weighted by Gasteiger charge is 2.23. The summed E-state index contributed by atoms with van der Waals surface area (Å²) in [6.07, 6.45) is 5.88. The third kappa shape index (κ3) is 3.49. The summed E-state index contributed by atoms with van der Waals surface area (Å²) in [5, 5.41) is 4.49. The molecule has 16 heavy (non-hydrogen) atoms. The van der Waals surface area contributed by atoms with E-state index < -0.39 is 0 Å². The van der Waals surface area contributed by atoms with Crippen LogP contribution >= 0.6 is 11.8 Å². The second kappa shape index (κ2) is 6.26. The number of thioether (sulfide) groups is 1. The standard InChI is InChI=1S/C13H20N2S/c1-2-16-13-7-6-11(9-13)15-10-12-5-3-4-8-14-12/h3-5,8,11,13,15H,2,6-7,9-10H2,1H3. The summed E-state index contributed by atoms with van der Waals surface area (Å²) in [6.45, 7) is 3.16. The first-order valence-corrected chi connectivity index (χ1v) is 7.18. The van der Waals surface area contributed by atoms with Crippen molar-refractivity contribution in [3.8, 4) is 0 Å². The SMILES string of the molecule is CCSC1CCC(NCc2ccccn2)C1. The maximum atomic E-state index is 4.33. The third-order valence-corrected chi connectivity index (χ3v) is 4.32. The van der Waals surface area contributed by atoms with Crippen molar-refractivity contribution in [2.75, 3.05) is 5.75 Å². The van der Waals surface area contributed by atoms with Gasteiger partial charge in [-0.05, 0) is 37.1 Å². The van der Waals surface area contributed by atoms with E-state index in [2.05, 4.69) is 41.1 Å². The Hall–Kier alpha value is -0.540. The number of nitrogens with zero attached hydrogens (tertiary/aromatic N) is 1. The molecule has 3 heteroatoms. The molecule has 1 aliphatic rings. The first-order chi connectivity index (χ1) is 7.88. The van der Waals surface area contributed by atoms with Crippen molar-refractivity contribution in [1.29, 1.82) is 0 Å². The quantitative estimate of drug-likeness (QED) is 0.851. The van der Waals surface area contributed by atoms with Gasteiger partial charge in [-0.25, -0.2) is 0 Å². The predicted octanol–water partition coefficient (Wildman–Crippen LogP) is 2.85. The van der Waals surface area contributed by atoms with Gasteiger partial charge in [0.25, 0.3) is 0 Å². The molecule has 1 heterocycles. The van der Waals surface area contributed by atoms with E-state index in [1.807, 2.05) is 12.3 Å². The molecule has 1 aromatic heterocycles. The van der Waals surface area contributed by atoms with Crippen LogP contribution in [-0.4, -0.2) is 22.0 Å². The van der Waals surface area contributed by atoms with E-state index in [-0.39, 0.29) is 0 Å². The second-order valence-electron chi connectivity index (χ2n) is 4.29. The zero-order chi connectivity index (χ0) is 11.2. The van der Waals surface area contributed by atoms with E-state index >= 15 is 0 Å². The molecule has 0 radical (unpaired) electrons. The molecule has 2 unspecified atom stereocenters. The Labute approximate surface area is 102 Å². The second-order valence-corrected chi connectivity index (χ2v) is 5.87. The van der Waals surface area contributed by atoms with Gasteiger partial charge < -0.3 is 5.32 Å². The van der Waals surface area contributed by atoms with Crippen LogP contribution in [0.4, 0.5) is 0 Å². The van der Waals surface area contributed by atoms with E-state index in [4.69, 9.17) is 0 Å². The molecule has 2 rings (SSSR count). The average Bonchev–Trinajstić information content (AvgIpc) is 2.76. The smallest absolute Gasteiger partial charge is 0.0541 e. The Morgan fingerprint density at radius 1 is 1.44 bits per heavy atom. The van der Waals surface area contributed by atoms with Crippen LogP contribution in [-0.2, 0) is 6.54 Å². The zero-order valence-corrected chi connectivity index (χ0v) is 10.7. The van der Waals surface area contributed by atoms with Crippen molar-refractivity contribution in [3.05, 3.63) is 30.1 Å². The van der Waals surface area contributed by atoms with Gasteiger partial charge in [0.05, 0.1) is 5.69 Å². The summed E-state index contributed by atoms with van der Waals surface area (Å²) >= 11 is 2.11. The van der Waals surface area contributed by atoms with Gasteiger partial charge in [0.15, 0.2) is 0 Å². The lowest BCUT2D eigenvalue weighted by molar-refractivity contribution is 0.520. The van der Waals surface area contributed by atoms with Crippen LogP contribution in [0.15, 0.2) is 24.4 Å². The molecule has 1 aromatic rings. The Morgan fingerprint density at radius 3 is 3.12 bits per heavy atom. The van der Waals surface area contributed by atoms with Crippen LogP contribution in [0.2, 0.25) is 0 Å². The van der Waals surface area contributed by atoms with Crippen molar-refractivity contribution in [1.82, 2.24) is 10.3 Å². The number of hydrogen-bond donors (Lipinski definition) is 1. The Kier molecular flexibility index (Phi) is 4.67. The number of aromatic nitrogens is 1. The summed E-state index contributed by atoms with van der Waals surface area (Å²) in [6, 6.07) is 6.80. The molecule has 88 valence electrons. The van der Waals surface area contributed by atoms with Crippen LogP contribution in [0.25, 0.3) is 0 Å². The van der Waals surface area contributed by atoms with E-state index in [1.165, 1.54) is 25.0 Å². The lowest BCUT2D eigenvalue weighted by Crippen LogP contribution is -2.26. The van der Waals surface area contributed by atoms with Gasteiger partial charge in [-0.3, -0.25) is 4.98 Å². The largest absolute Gasteiger partial charge is 0.308 e. The molecule has 1 N–H and O–H groups in total. The van der Waals surface area contributed by atoms with Crippen LogP contribution in [0.3, 0.4) is 0 Å². The molecule has 0 aromatic carbocycles. The average molecular weight is 236 g/mol. The summed E-state index contributed by atoms with van der Waals surface area (Å²) in [4.78, 5) is 4.33. The van der Waals surface area contributed by atoms with E-state index in [0.29, 0.717) is 6.04 Å². The minimum atomic E-state index is 0.700. The van der Waals surface area contributed by atoms with Gasteiger partial charge in [-0.1, -0.05) is 13.0 Å². The Balaban J connectivity index is 1.72. The fourth-order valence-electron chi connectivity index (χ4n) is 2.26. The highest BCUT2D eigenvalue weighted by Crippen LogP contribution is 2.29. The maximum absolute atomic E-state index is 4.33. The fourth-order valence-corrected chi connectivity index (χ4v) is 3.41. The maximum Gasteiger partial charge on any atom is 0.0541 e. The molecule has 1 fully saturated rings. The van der Waals surface area contributed by atoms with Crippen molar-refractivity contribution >= 4 is 11.8 Å². The molecule has 1 aliphatic carbocycles. The number of hydrogen-bond acceptors (Lipinski definition) is 3. The molecule has 0 saturated heterocycles. The first-order valence-electron chi connectivity index (χ1n) is 6.13. The zero-order valence-electron chi connectivity index (χ0n) is 9.86. The molecular formula is C13H20N2S. The summed E-state index contributed by atoms with van der Waals surface area (Å²) in [5.41, 5.74) is 1.15. The molecule has 0 amide bonds. The molecule has 2 nitrogen and oxygen atoms in total. The molecule has 1 saturated carbocycles. The third-order valence-electron chi connectivity index (χ3n) is 3.08. The van der Waals surface area contributed by atoms with Crippen LogP contribution in [0.1, 0.15) is 31.9 Å². The van der Waals surface area contributed by atoms with E-state index in [1.54, 1.807) is 0 Å². The molecular weight excluding hydrogens is 216 g/mol. The fraction of sp³-hybridized carbons (Fsp3) is 0.615. The number of pyridine rings is 1. The predicted molar refractivity (Wildman–Crippen MR) is 70.6 cm³/mol. The van der Waals surface area contributed by atoms with Crippen molar-refractivity contribution in [2.24, 2.45) is 0 Å². The minimum Gasteiger partial charge on any atom is -0.308 e. The minimum absolute atomic E-state index is 0.700. The first kappa shape index (κ1) is 11.9. The lowest BCUT2D eigenvalue weighted by atomic mass is 10.2. The van der Waals surface area contributed by atoms with Crippen LogP contribution in [0.5, 0.6) is 0 Å². The van der Waals surface area contributed by atoms with Gasteiger partial charge in [0, 0.05) is 24.0 Å². The number of rotatable bonds is 5. The van der Waals surface area contributed by atoms with E-state index in [9.17, 15) is 0 Å².